The molecule has 1 aromatic heterocycles. The Kier molecular flexibility index (Phi) is 3.50. The average molecular weight is 286 g/mol. The second kappa shape index (κ2) is 5.45. The van der Waals surface area contributed by atoms with E-state index in [9.17, 15) is 0 Å². The van der Waals surface area contributed by atoms with Gasteiger partial charge in [0, 0.05) is 16.1 Å². The fourth-order valence-corrected chi connectivity index (χ4v) is 2.14. The van der Waals surface area contributed by atoms with Crippen molar-refractivity contribution in [2.24, 2.45) is 0 Å². The van der Waals surface area contributed by atoms with Gasteiger partial charge in [-0.25, -0.2) is 0 Å². The summed E-state index contributed by atoms with van der Waals surface area (Å²) in [7, 11) is 0. The monoisotopic (exact) mass is 285 g/mol. The molecule has 0 unspecified atom stereocenters. The van der Waals surface area contributed by atoms with Crippen LogP contribution < -0.4 is 0 Å². The molecular formula is C15H12ClN3O. The first-order valence-corrected chi connectivity index (χ1v) is 6.52. The summed E-state index contributed by atoms with van der Waals surface area (Å²) in [6.07, 6.45) is 0. The van der Waals surface area contributed by atoms with Crippen molar-refractivity contribution >= 4 is 11.6 Å². The summed E-state index contributed by atoms with van der Waals surface area (Å²) in [5.74, 6) is 0. The van der Waals surface area contributed by atoms with E-state index in [4.69, 9.17) is 16.7 Å². The van der Waals surface area contributed by atoms with E-state index < -0.39 is 0 Å². The lowest BCUT2D eigenvalue weighted by Gasteiger charge is -2.02. The fourth-order valence-electron chi connectivity index (χ4n) is 2.01. The van der Waals surface area contributed by atoms with Crippen LogP contribution in [-0.4, -0.2) is 20.5 Å². The molecule has 20 heavy (non-hydrogen) atoms. The number of aliphatic hydroxyl groups is 1. The molecule has 2 aromatic carbocycles. The van der Waals surface area contributed by atoms with E-state index in [1.807, 2.05) is 48.5 Å². The van der Waals surface area contributed by atoms with Gasteiger partial charge < -0.3 is 5.11 Å². The Hall–Kier alpha value is -2.17. The van der Waals surface area contributed by atoms with Gasteiger partial charge in [0.2, 0.25) is 0 Å². The van der Waals surface area contributed by atoms with E-state index in [0.29, 0.717) is 5.02 Å². The summed E-state index contributed by atoms with van der Waals surface area (Å²) in [5, 5.41) is 20.8. The molecule has 100 valence electrons. The summed E-state index contributed by atoms with van der Waals surface area (Å²) < 4.78 is 0. The molecule has 0 saturated carbocycles. The first kappa shape index (κ1) is 12.8. The molecule has 0 bridgehead atoms. The number of aromatic amines is 1. The van der Waals surface area contributed by atoms with Gasteiger partial charge in [-0.15, -0.1) is 0 Å². The average Bonchev–Trinajstić information content (AvgIpc) is 2.97. The molecule has 0 amide bonds. The van der Waals surface area contributed by atoms with Gasteiger partial charge in [-0.2, -0.15) is 15.4 Å². The molecule has 0 saturated heterocycles. The molecule has 0 spiro atoms. The molecule has 0 aliphatic rings. The van der Waals surface area contributed by atoms with Gasteiger partial charge >= 0.3 is 0 Å². The summed E-state index contributed by atoms with van der Waals surface area (Å²) in [6.45, 7) is 0.0309. The van der Waals surface area contributed by atoms with E-state index in [1.165, 1.54) is 0 Å². The molecule has 1 heterocycles. The van der Waals surface area contributed by atoms with Crippen molar-refractivity contribution in [3.63, 3.8) is 0 Å². The van der Waals surface area contributed by atoms with Crippen LogP contribution in [0.25, 0.3) is 22.5 Å². The maximum Gasteiger partial charge on any atom is 0.120 e. The molecule has 3 aromatic rings. The minimum Gasteiger partial charge on any atom is -0.392 e. The van der Waals surface area contributed by atoms with Gasteiger partial charge in [-0.3, -0.25) is 0 Å². The number of aliphatic hydroxyl groups excluding tert-OH is 1. The largest absolute Gasteiger partial charge is 0.392 e. The Labute approximate surface area is 121 Å². The van der Waals surface area contributed by atoms with Crippen LogP contribution in [0.5, 0.6) is 0 Å². The van der Waals surface area contributed by atoms with Crippen LogP contribution in [0, 0.1) is 0 Å². The molecule has 4 nitrogen and oxygen atoms in total. The molecule has 0 radical (unpaired) electrons. The summed E-state index contributed by atoms with van der Waals surface area (Å²) in [6, 6.07) is 15.0. The molecule has 0 atom stereocenters. The highest BCUT2D eigenvalue weighted by Gasteiger charge is 2.12. The minimum absolute atomic E-state index is 0.0309. The van der Waals surface area contributed by atoms with Crippen molar-refractivity contribution in [2.75, 3.05) is 0 Å². The Morgan fingerprint density at radius 2 is 1.35 bits per heavy atom. The second-order valence-electron chi connectivity index (χ2n) is 4.38. The maximum absolute atomic E-state index is 9.07. The van der Waals surface area contributed by atoms with Crippen LogP contribution in [-0.2, 0) is 6.61 Å². The summed E-state index contributed by atoms with van der Waals surface area (Å²) >= 11 is 5.90. The zero-order valence-corrected chi connectivity index (χ0v) is 11.3. The number of nitrogens with one attached hydrogen (secondary N) is 1. The first-order valence-electron chi connectivity index (χ1n) is 6.15. The lowest BCUT2D eigenvalue weighted by molar-refractivity contribution is 0.282. The van der Waals surface area contributed by atoms with Crippen LogP contribution in [0.15, 0.2) is 48.5 Å². The van der Waals surface area contributed by atoms with Crippen LogP contribution >= 0.6 is 11.6 Å². The number of benzene rings is 2. The lowest BCUT2D eigenvalue weighted by Crippen LogP contribution is -1.86. The normalized spacial score (nSPS) is 10.7. The minimum atomic E-state index is 0.0309. The predicted molar refractivity (Wildman–Crippen MR) is 78.2 cm³/mol. The Morgan fingerprint density at radius 1 is 0.850 bits per heavy atom. The SMILES string of the molecule is OCc1ccc(-c2n[nH]nc2-c2ccc(Cl)cc2)cc1. The lowest BCUT2D eigenvalue weighted by atomic mass is 10.0. The Bertz CT molecular complexity index is 705. The number of hydrogen-bond donors (Lipinski definition) is 2. The molecule has 0 aliphatic heterocycles. The number of H-pyrrole nitrogens is 1. The molecule has 3 rings (SSSR count). The number of aromatic nitrogens is 3. The molecule has 0 aliphatic carbocycles. The summed E-state index contributed by atoms with van der Waals surface area (Å²) in [5.41, 5.74) is 4.31. The van der Waals surface area contributed by atoms with E-state index in [2.05, 4.69) is 15.4 Å². The second-order valence-corrected chi connectivity index (χ2v) is 4.82. The quantitative estimate of drug-likeness (QED) is 0.776. The van der Waals surface area contributed by atoms with Gasteiger partial charge in [-0.1, -0.05) is 48.0 Å². The zero-order chi connectivity index (χ0) is 13.9. The van der Waals surface area contributed by atoms with Crippen LogP contribution in [0.4, 0.5) is 0 Å². The standard InChI is InChI=1S/C15H12ClN3O/c16-13-7-5-12(6-8-13)15-14(17-19-18-15)11-3-1-10(9-20)2-4-11/h1-8,20H,9H2,(H,17,18,19). The van der Waals surface area contributed by atoms with Gasteiger partial charge in [0.05, 0.1) is 6.61 Å². The number of rotatable bonds is 3. The van der Waals surface area contributed by atoms with Crippen LogP contribution in [0.2, 0.25) is 5.02 Å². The Morgan fingerprint density at radius 3 is 1.85 bits per heavy atom. The van der Waals surface area contributed by atoms with E-state index in [-0.39, 0.29) is 6.61 Å². The third-order valence-corrected chi connectivity index (χ3v) is 3.33. The fraction of sp³-hybridized carbons (Fsp3) is 0.0667. The smallest absolute Gasteiger partial charge is 0.120 e. The molecule has 2 N–H and O–H groups in total. The third kappa shape index (κ3) is 2.43. The summed E-state index contributed by atoms with van der Waals surface area (Å²) in [4.78, 5) is 0. The van der Waals surface area contributed by atoms with Gasteiger partial charge in [-0.05, 0) is 17.7 Å². The third-order valence-electron chi connectivity index (χ3n) is 3.08. The predicted octanol–water partition coefficient (Wildman–Crippen LogP) is 3.28. The number of nitrogens with zero attached hydrogens (tertiary/aromatic N) is 2. The van der Waals surface area contributed by atoms with Crippen molar-refractivity contribution in [3.05, 3.63) is 59.1 Å². The van der Waals surface area contributed by atoms with Gasteiger partial charge in [0.25, 0.3) is 0 Å². The zero-order valence-electron chi connectivity index (χ0n) is 10.5. The first-order chi connectivity index (χ1) is 9.78. The van der Waals surface area contributed by atoms with Gasteiger partial charge in [0.1, 0.15) is 11.4 Å². The highest BCUT2D eigenvalue weighted by atomic mass is 35.5. The van der Waals surface area contributed by atoms with Crippen molar-refractivity contribution < 1.29 is 5.11 Å². The van der Waals surface area contributed by atoms with E-state index in [0.717, 1.165) is 28.1 Å². The molecular weight excluding hydrogens is 274 g/mol. The van der Waals surface area contributed by atoms with Crippen LogP contribution in [0.1, 0.15) is 5.56 Å². The highest BCUT2D eigenvalue weighted by Crippen LogP contribution is 2.29. The highest BCUT2D eigenvalue weighted by molar-refractivity contribution is 6.30. The van der Waals surface area contributed by atoms with Crippen molar-refractivity contribution in [1.82, 2.24) is 15.4 Å². The molecule has 0 fully saturated rings. The van der Waals surface area contributed by atoms with E-state index >= 15 is 0 Å². The van der Waals surface area contributed by atoms with Gasteiger partial charge in [0.15, 0.2) is 0 Å². The molecule has 5 heteroatoms. The number of hydrogen-bond acceptors (Lipinski definition) is 3. The van der Waals surface area contributed by atoms with Crippen molar-refractivity contribution in [1.29, 1.82) is 0 Å². The van der Waals surface area contributed by atoms with Crippen LogP contribution in [0.3, 0.4) is 0 Å². The Balaban J connectivity index is 2.02. The maximum atomic E-state index is 9.07. The van der Waals surface area contributed by atoms with Crippen molar-refractivity contribution in [2.45, 2.75) is 6.61 Å². The van der Waals surface area contributed by atoms with E-state index in [1.54, 1.807) is 0 Å². The van der Waals surface area contributed by atoms with Crippen molar-refractivity contribution in [3.8, 4) is 22.5 Å². The number of halogens is 1. The topological polar surface area (TPSA) is 61.8 Å².